The maximum absolute atomic E-state index is 5.50. The first-order valence-corrected chi connectivity index (χ1v) is 10.1. The van der Waals surface area contributed by atoms with Crippen molar-refractivity contribution in [2.45, 2.75) is 33.7 Å². The van der Waals surface area contributed by atoms with Crippen LogP contribution in [0.25, 0.3) is 20.8 Å². The van der Waals surface area contributed by atoms with Gasteiger partial charge in [0.2, 0.25) is 5.36 Å². The number of hydrogen-bond acceptors (Lipinski definition) is 4. The Balaban J connectivity index is 0.00000210. The second kappa shape index (κ2) is 8.41. The zero-order valence-electron chi connectivity index (χ0n) is 16.3. The van der Waals surface area contributed by atoms with Crippen LogP contribution >= 0.6 is 11.3 Å². The van der Waals surface area contributed by atoms with Gasteiger partial charge in [0.25, 0.3) is 0 Å². The van der Waals surface area contributed by atoms with Gasteiger partial charge < -0.3 is 34.0 Å². The highest BCUT2D eigenvalue weighted by atomic mass is 127. The molecule has 0 unspecified atom stereocenters. The Labute approximate surface area is 181 Å². The highest BCUT2D eigenvalue weighted by Gasteiger charge is 2.17. The van der Waals surface area contributed by atoms with E-state index in [4.69, 9.17) is 9.72 Å². The van der Waals surface area contributed by atoms with Crippen molar-refractivity contribution in [2.24, 2.45) is 0 Å². The number of aromatic nitrogens is 1. The summed E-state index contributed by atoms with van der Waals surface area (Å²) in [5.41, 5.74) is 5.86. The number of morpholine rings is 1. The molecule has 0 radical (unpaired) electrons. The normalized spacial score (nSPS) is 14.6. The van der Waals surface area contributed by atoms with E-state index in [2.05, 4.69) is 61.9 Å². The molecule has 4 nitrogen and oxygen atoms in total. The van der Waals surface area contributed by atoms with Gasteiger partial charge in [-0.1, -0.05) is 0 Å². The third-order valence-corrected chi connectivity index (χ3v) is 5.85. The Kier molecular flexibility index (Phi) is 6.38. The van der Waals surface area contributed by atoms with Gasteiger partial charge in [-0.3, -0.25) is 0 Å². The second-order valence-corrected chi connectivity index (χ2v) is 8.45. The highest BCUT2D eigenvalue weighted by Crippen LogP contribution is 2.34. The molecule has 0 spiro atoms. The Morgan fingerprint density at radius 1 is 1.07 bits per heavy atom. The fourth-order valence-electron chi connectivity index (χ4n) is 3.57. The second-order valence-electron chi connectivity index (χ2n) is 7.36. The summed E-state index contributed by atoms with van der Waals surface area (Å²) in [5, 5.41) is 4.80. The van der Waals surface area contributed by atoms with E-state index in [0.29, 0.717) is 6.04 Å². The predicted molar refractivity (Wildman–Crippen MR) is 110 cm³/mol. The molecule has 0 saturated carbocycles. The van der Waals surface area contributed by atoms with Crippen LogP contribution < -0.4 is 39.2 Å². The quantitative estimate of drug-likeness (QED) is 0.322. The topological polar surface area (TPSA) is 37.2 Å². The van der Waals surface area contributed by atoms with E-state index in [1.54, 1.807) is 0 Å². The first kappa shape index (κ1) is 20.5. The minimum Gasteiger partial charge on any atom is -1.00 e. The maximum Gasteiger partial charge on any atom is 0.201 e. The fourth-order valence-corrected chi connectivity index (χ4v) is 4.78. The molecular weight excluding hydrogens is 469 g/mol. The number of nitrogens with zero attached hydrogens (tertiary/aromatic N) is 2. The lowest BCUT2D eigenvalue weighted by atomic mass is 10.1. The lowest BCUT2D eigenvalue weighted by Gasteiger charge is -2.15. The maximum atomic E-state index is 5.50. The number of benzene rings is 2. The molecule has 6 heteroatoms. The molecule has 144 valence electrons. The van der Waals surface area contributed by atoms with Crippen molar-refractivity contribution in [3.8, 4) is 10.6 Å². The molecule has 1 N–H and O–H groups in total. The molecule has 1 saturated heterocycles. The zero-order valence-corrected chi connectivity index (χ0v) is 19.3. The van der Waals surface area contributed by atoms with E-state index in [1.807, 2.05) is 11.3 Å². The summed E-state index contributed by atoms with van der Waals surface area (Å²) in [6, 6.07) is 9.41. The molecule has 27 heavy (non-hydrogen) atoms. The van der Waals surface area contributed by atoms with Crippen LogP contribution in [0, 0.1) is 13.8 Å². The van der Waals surface area contributed by atoms with Crippen molar-refractivity contribution >= 4 is 27.2 Å². The Morgan fingerprint density at radius 3 is 2.52 bits per heavy atom. The smallest absolute Gasteiger partial charge is 0.201 e. The van der Waals surface area contributed by atoms with Gasteiger partial charge in [-0.25, -0.2) is 9.56 Å². The number of anilines is 1. The minimum absolute atomic E-state index is 0. The van der Waals surface area contributed by atoms with Gasteiger partial charge in [0, 0.05) is 23.9 Å². The monoisotopic (exact) mass is 495 g/mol. The first-order chi connectivity index (χ1) is 12.5. The zero-order chi connectivity index (χ0) is 18.3. The van der Waals surface area contributed by atoms with Crippen molar-refractivity contribution in [1.82, 2.24) is 9.56 Å². The van der Waals surface area contributed by atoms with Crippen molar-refractivity contribution in [2.75, 3.05) is 31.6 Å². The Hall–Kier alpha value is -1.25. The summed E-state index contributed by atoms with van der Waals surface area (Å²) in [7, 11) is 0. The summed E-state index contributed by atoms with van der Waals surface area (Å²) >= 11 is 1.84. The predicted octanol–water partition coefficient (Wildman–Crippen LogP) is 0.645. The molecule has 0 atom stereocenters. The Bertz CT molecular complexity index is 1000. The summed E-state index contributed by atoms with van der Waals surface area (Å²) < 4.78 is 9.14. The average molecular weight is 495 g/mol. The largest absolute Gasteiger partial charge is 1.00 e. The summed E-state index contributed by atoms with van der Waals surface area (Å²) in [6.07, 6.45) is 0. The molecule has 2 aliphatic heterocycles. The van der Waals surface area contributed by atoms with Gasteiger partial charge in [0.15, 0.2) is 13.1 Å². The molecule has 4 rings (SSSR count). The molecule has 0 aromatic heterocycles. The Morgan fingerprint density at radius 2 is 1.81 bits per heavy atom. The molecule has 0 amide bonds. The van der Waals surface area contributed by atoms with Crippen LogP contribution in [0.5, 0.6) is 0 Å². The van der Waals surface area contributed by atoms with Crippen LogP contribution in [-0.4, -0.2) is 37.3 Å². The standard InChI is InChI=1S/C21H25N3OS.HI/c1-13(2)22-16-9-14(3)20-18(11-16)26-19-12-17(10-15(4)21(19)23-20)24-5-7-25-8-6-24;/h9-13H,5-8H2,1-4H3;1H. The third-order valence-electron chi connectivity index (χ3n) is 4.79. The van der Waals surface area contributed by atoms with E-state index in [0.717, 1.165) is 37.5 Å². The van der Waals surface area contributed by atoms with Crippen LogP contribution in [0.2, 0.25) is 0 Å². The number of halogens is 1. The summed E-state index contributed by atoms with van der Waals surface area (Å²) in [5.74, 6) is 0. The number of fused-ring (bicyclic) bond motifs is 2. The number of ether oxygens (including phenoxy) is 1. The fraction of sp³-hybridized carbons (Fsp3) is 0.429. The van der Waals surface area contributed by atoms with Crippen LogP contribution in [0.3, 0.4) is 0 Å². The molecule has 1 aliphatic carbocycles. The van der Waals surface area contributed by atoms with E-state index in [9.17, 15) is 0 Å². The summed E-state index contributed by atoms with van der Waals surface area (Å²) in [6.45, 7) is 12.2. The number of nitrogens with one attached hydrogen (secondary N) is 1. The molecule has 3 aliphatic rings. The average Bonchev–Trinajstić information content (AvgIpc) is 2.60. The van der Waals surface area contributed by atoms with Crippen molar-refractivity contribution in [3.05, 3.63) is 40.7 Å². The molecular formula is C21H26IN3OS. The lowest BCUT2D eigenvalue weighted by Crippen LogP contribution is -3.00. The van der Waals surface area contributed by atoms with Crippen LogP contribution in [0.15, 0.2) is 24.3 Å². The van der Waals surface area contributed by atoms with Gasteiger partial charge in [-0.2, -0.15) is 0 Å². The number of rotatable bonds is 2. The number of aryl methyl sites for hydroxylation is 2. The van der Waals surface area contributed by atoms with E-state index in [-0.39, 0.29) is 24.0 Å². The van der Waals surface area contributed by atoms with Gasteiger partial charge in [0.1, 0.15) is 13.2 Å². The van der Waals surface area contributed by atoms with E-state index >= 15 is 0 Å². The number of hydrogen-bond donors (Lipinski definition) is 1. The van der Waals surface area contributed by atoms with Gasteiger partial charge in [-0.05, 0) is 51.0 Å². The molecule has 1 fully saturated rings. The first-order valence-electron chi connectivity index (χ1n) is 9.29. The molecule has 0 bridgehead atoms. The van der Waals surface area contributed by atoms with Crippen LogP contribution in [0.1, 0.15) is 25.0 Å². The molecule has 1 aromatic carbocycles. The van der Waals surface area contributed by atoms with Crippen molar-refractivity contribution in [3.63, 3.8) is 0 Å². The summed E-state index contributed by atoms with van der Waals surface area (Å²) in [4.78, 5) is 6.27. The van der Waals surface area contributed by atoms with Crippen molar-refractivity contribution in [1.29, 1.82) is 0 Å². The molecule has 2 heterocycles. The van der Waals surface area contributed by atoms with E-state index < -0.39 is 0 Å². The van der Waals surface area contributed by atoms with Crippen LogP contribution in [0.4, 0.5) is 5.69 Å². The van der Waals surface area contributed by atoms with E-state index in [1.165, 1.54) is 31.7 Å². The van der Waals surface area contributed by atoms with Gasteiger partial charge in [0.05, 0.1) is 20.8 Å². The van der Waals surface area contributed by atoms with Crippen molar-refractivity contribution < 1.29 is 28.7 Å². The van der Waals surface area contributed by atoms with Crippen LogP contribution in [-0.2, 0) is 4.74 Å². The third kappa shape index (κ3) is 4.27. The van der Waals surface area contributed by atoms with Gasteiger partial charge >= 0.3 is 0 Å². The lowest BCUT2D eigenvalue weighted by molar-refractivity contribution is -0.00000626. The molecule has 1 aromatic rings. The van der Waals surface area contributed by atoms with Gasteiger partial charge in [-0.15, -0.1) is 11.3 Å². The SMILES string of the molecule is Cc1cc(=[N+]2CCOCC2)cc2sc3cc(NC(C)C)cc(C)c3nc1-2.[I-]. The minimum atomic E-state index is 0. The highest BCUT2D eigenvalue weighted by molar-refractivity contribution is 7.21.